The van der Waals surface area contributed by atoms with Crippen LogP contribution in [-0.4, -0.2) is 15.6 Å². The fourth-order valence-electron chi connectivity index (χ4n) is 4.72. The number of hydrogen-bond donors (Lipinski definition) is 2. The van der Waals surface area contributed by atoms with Gasteiger partial charge in [0, 0.05) is 33.4 Å². The van der Waals surface area contributed by atoms with Gasteiger partial charge in [-0.25, -0.2) is 4.68 Å². The van der Waals surface area contributed by atoms with Crippen LogP contribution in [0.5, 0.6) is 0 Å². The molecular formula is C24H19N3O2S2. The van der Waals surface area contributed by atoms with Gasteiger partial charge in [-0.1, -0.05) is 30.3 Å². The number of fused-ring (bicyclic) bond motifs is 1. The van der Waals surface area contributed by atoms with Gasteiger partial charge in [0.2, 0.25) is 0 Å². The average molecular weight is 446 g/mol. The van der Waals surface area contributed by atoms with Crippen molar-refractivity contribution in [3.05, 3.63) is 102 Å². The van der Waals surface area contributed by atoms with Crippen LogP contribution in [0.4, 0.5) is 5.82 Å². The van der Waals surface area contributed by atoms with Crippen molar-refractivity contribution in [2.45, 2.75) is 24.7 Å². The van der Waals surface area contributed by atoms with Crippen LogP contribution in [0.2, 0.25) is 0 Å². The zero-order valence-corrected chi connectivity index (χ0v) is 18.1. The van der Waals surface area contributed by atoms with Crippen molar-refractivity contribution in [2.75, 3.05) is 5.32 Å². The minimum Gasteiger partial charge on any atom is -0.343 e. The highest BCUT2D eigenvalue weighted by molar-refractivity contribution is 7.10. The quantitative estimate of drug-likeness (QED) is 0.453. The number of allylic oxidation sites excluding steroid dienone is 2. The van der Waals surface area contributed by atoms with Crippen molar-refractivity contribution in [2.24, 2.45) is 0 Å². The molecule has 154 valence electrons. The predicted octanol–water partition coefficient (Wildman–Crippen LogP) is 5.25. The number of Topliss-reactive ketones (excluding diaryl/α,β-unsaturated/α-hetero) is 1. The summed E-state index contributed by atoms with van der Waals surface area (Å²) in [5, 5.41) is 10.8. The number of aromatic amines is 1. The lowest BCUT2D eigenvalue weighted by Crippen LogP contribution is -2.31. The summed E-state index contributed by atoms with van der Waals surface area (Å²) in [6.07, 6.45) is 1.25. The maximum atomic E-state index is 13.5. The third-order valence-electron chi connectivity index (χ3n) is 6.08. The van der Waals surface area contributed by atoms with Crippen molar-refractivity contribution in [3.8, 4) is 5.69 Å². The molecule has 0 radical (unpaired) electrons. The molecule has 1 aromatic carbocycles. The van der Waals surface area contributed by atoms with Gasteiger partial charge in [-0.15, -0.1) is 22.7 Å². The standard InChI is InChI=1S/C24H19N3O2S2/c28-17-13-14(18-8-4-10-30-18)12-16-20(17)21(19-9-5-11-31-19)22-23(25-16)26-27(24(22)29)15-6-2-1-3-7-15/h1-11,14,21,25-26H,12-13H2/t14-,21-/m0/s1. The number of nitrogens with zero attached hydrogens (tertiary/aromatic N) is 1. The number of thiophene rings is 2. The Hall–Kier alpha value is -3.16. The smallest absolute Gasteiger partial charge is 0.277 e. The normalized spacial score (nSPS) is 20.3. The Kier molecular flexibility index (Phi) is 4.33. The van der Waals surface area contributed by atoms with E-state index in [4.69, 9.17) is 0 Å². The molecule has 4 heterocycles. The van der Waals surface area contributed by atoms with Gasteiger partial charge in [0.25, 0.3) is 5.56 Å². The topological polar surface area (TPSA) is 66.9 Å². The van der Waals surface area contributed by atoms with Gasteiger partial charge in [0.05, 0.1) is 17.2 Å². The van der Waals surface area contributed by atoms with Crippen LogP contribution in [-0.2, 0) is 4.79 Å². The van der Waals surface area contributed by atoms with Crippen LogP contribution in [0, 0.1) is 0 Å². The summed E-state index contributed by atoms with van der Waals surface area (Å²) < 4.78 is 1.57. The maximum absolute atomic E-state index is 13.5. The molecule has 0 unspecified atom stereocenters. The number of ketones is 1. The molecule has 2 atom stereocenters. The Morgan fingerprint density at radius 2 is 1.61 bits per heavy atom. The SMILES string of the molecule is O=C1C[C@@H](c2cccs2)CC2=C1[C@H](c1cccs1)c1c([nH]n(-c3ccccc3)c1=O)N2. The van der Waals surface area contributed by atoms with E-state index in [-0.39, 0.29) is 23.2 Å². The van der Waals surface area contributed by atoms with Gasteiger partial charge in [-0.2, -0.15) is 0 Å². The Balaban J connectivity index is 1.52. The fourth-order valence-corrected chi connectivity index (χ4v) is 6.39. The van der Waals surface area contributed by atoms with Gasteiger partial charge >= 0.3 is 0 Å². The first-order valence-electron chi connectivity index (χ1n) is 10.2. The van der Waals surface area contributed by atoms with Crippen molar-refractivity contribution >= 4 is 34.3 Å². The molecule has 2 N–H and O–H groups in total. The summed E-state index contributed by atoms with van der Waals surface area (Å²) in [5.41, 5.74) is 2.95. The lowest BCUT2D eigenvalue weighted by Gasteiger charge is -2.33. The number of H-pyrrole nitrogens is 1. The second-order valence-electron chi connectivity index (χ2n) is 7.89. The van der Waals surface area contributed by atoms with Crippen LogP contribution in [0.3, 0.4) is 0 Å². The van der Waals surface area contributed by atoms with E-state index >= 15 is 0 Å². The number of hydrogen-bond acceptors (Lipinski definition) is 5. The van der Waals surface area contributed by atoms with E-state index in [9.17, 15) is 9.59 Å². The van der Waals surface area contributed by atoms with Gasteiger partial charge in [0.15, 0.2) is 5.78 Å². The summed E-state index contributed by atoms with van der Waals surface area (Å²) in [7, 11) is 0. The Bertz CT molecular complexity index is 1350. The summed E-state index contributed by atoms with van der Waals surface area (Å²) in [6, 6.07) is 17.7. The zero-order valence-electron chi connectivity index (χ0n) is 16.5. The molecule has 31 heavy (non-hydrogen) atoms. The van der Waals surface area contributed by atoms with Crippen LogP contribution in [0.25, 0.3) is 5.69 Å². The zero-order chi connectivity index (χ0) is 20.9. The Labute approximate surface area is 186 Å². The molecule has 0 spiro atoms. The van der Waals surface area contributed by atoms with Crippen molar-refractivity contribution in [1.82, 2.24) is 9.78 Å². The minimum atomic E-state index is -0.336. The predicted molar refractivity (Wildman–Crippen MR) is 125 cm³/mol. The third-order valence-corrected chi connectivity index (χ3v) is 8.05. The van der Waals surface area contributed by atoms with Crippen molar-refractivity contribution < 1.29 is 4.79 Å². The lowest BCUT2D eigenvalue weighted by molar-refractivity contribution is -0.116. The van der Waals surface area contributed by atoms with E-state index < -0.39 is 0 Å². The number of carbonyl (C=O) groups is 1. The molecule has 0 saturated carbocycles. The molecule has 1 aliphatic carbocycles. The average Bonchev–Trinajstić information content (AvgIpc) is 3.55. The molecule has 0 fully saturated rings. The highest BCUT2D eigenvalue weighted by Gasteiger charge is 2.41. The second-order valence-corrected chi connectivity index (χ2v) is 9.84. The number of carbonyl (C=O) groups excluding carboxylic acids is 1. The second kappa shape index (κ2) is 7.21. The minimum absolute atomic E-state index is 0.119. The van der Waals surface area contributed by atoms with Crippen molar-refractivity contribution in [1.29, 1.82) is 0 Å². The van der Waals surface area contributed by atoms with Gasteiger partial charge in [-0.05, 0) is 41.4 Å². The van der Waals surface area contributed by atoms with Gasteiger partial charge in [-0.3, -0.25) is 14.7 Å². The van der Waals surface area contributed by atoms with Gasteiger partial charge < -0.3 is 5.32 Å². The maximum Gasteiger partial charge on any atom is 0.277 e. The first-order valence-corrected chi connectivity index (χ1v) is 12.0. The summed E-state index contributed by atoms with van der Waals surface area (Å²) >= 11 is 3.29. The molecule has 3 aromatic heterocycles. The van der Waals surface area contributed by atoms with E-state index in [2.05, 4.69) is 21.9 Å². The van der Waals surface area contributed by atoms with E-state index in [1.807, 2.05) is 53.9 Å². The van der Waals surface area contributed by atoms with Gasteiger partial charge in [0.1, 0.15) is 5.82 Å². The summed E-state index contributed by atoms with van der Waals surface area (Å²) in [6.45, 7) is 0. The molecular weight excluding hydrogens is 426 g/mol. The van der Waals surface area contributed by atoms with Crippen molar-refractivity contribution in [3.63, 3.8) is 0 Å². The van der Waals surface area contributed by atoms with E-state index in [0.717, 1.165) is 28.3 Å². The number of para-hydroxylation sites is 1. The first kappa shape index (κ1) is 18.6. The number of benzene rings is 1. The van der Waals surface area contributed by atoms with Crippen LogP contribution in [0.15, 0.2) is 81.4 Å². The molecule has 0 bridgehead atoms. The van der Waals surface area contributed by atoms with E-state index in [1.54, 1.807) is 27.4 Å². The van der Waals surface area contributed by atoms with E-state index in [1.165, 1.54) is 4.88 Å². The first-order chi connectivity index (χ1) is 15.2. The molecule has 1 aliphatic heterocycles. The largest absolute Gasteiger partial charge is 0.343 e. The summed E-state index contributed by atoms with van der Waals surface area (Å²) in [4.78, 5) is 29.2. The van der Waals surface area contributed by atoms with E-state index in [0.29, 0.717) is 17.8 Å². The number of aromatic nitrogens is 2. The third kappa shape index (κ3) is 2.96. The van der Waals surface area contributed by atoms with Crippen LogP contribution < -0.4 is 10.9 Å². The number of anilines is 1. The highest BCUT2D eigenvalue weighted by Crippen LogP contribution is 2.48. The molecule has 0 amide bonds. The molecule has 4 aromatic rings. The Morgan fingerprint density at radius 1 is 0.871 bits per heavy atom. The molecule has 2 aliphatic rings. The lowest BCUT2D eigenvalue weighted by atomic mass is 9.76. The number of rotatable bonds is 3. The van der Waals surface area contributed by atoms with Crippen LogP contribution in [0.1, 0.15) is 40.0 Å². The molecule has 5 nitrogen and oxygen atoms in total. The van der Waals surface area contributed by atoms with Crippen LogP contribution >= 0.6 is 22.7 Å². The summed E-state index contributed by atoms with van der Waals surface area (Å²) in [5.74, 6) is 0.651. The molecule has 7 heteroatoms. The highest BCUT2D eigenvalue weighted by atomic mass is 32.1. The fraction of sp³-hybridized carbons (Fsp3) is 0.167. The molecule has 6 rings (SSSR count). The number of nitrogens with one attached hydrogen (secondary N) is 2. The monoisotopic (exact) mass is 445 g/mol. The Morgan fingerprint density at radius 3 is 2.32 bits per heavy atom. The molecule has 0 saturated heterocycles.